The van der Waals surface area contributed by atoms with Crippen molar-refractivity contribution >= 4 is 31.2 Å². The molecular formula is C7H14O2S2. The molecule has 0 saturated heterocycles. The van der Waals surface area contributed by atoms with Gasteiger partial charge in [-0.2, -0.15) is 25.3 Å². The van der Waals surface area contributed by atoms with E-state index in [1.807, 2.05) is 6.92 Å². The van der Waals surface area contributed by atoms with Crippen LogP contribution < -0.4 is 0 Å². The van der Waals surface area contributed by atoms with Gasteiger partial charge < -0.3 is 4.74 Å². The highest BCUT2D eigenvalue weighted by Gasteiger charge is 2.04. The molecule has 0 aromatic rings. The van der Waals surface area contributed by atoms with E-state index >= 15 is 0 Å². The van der Waals surface area contributed by atoms with Gasteiger partial charge >= 0.3 is 5.97 Å². The summed E-state index contributed by atoms with van der Waals surface area (Å²) in [7, 11) is 0. The number of carbonyl (C=O) groups is 1. The first kappa shape index (κ1) is 11.2. The molecule has 0 aromatic carbocycles. The summed E-state index contributed by atoms with van der Waals surface area (Å²) in [6.45, 7) is 2.31. The molecule has 1 unspecified atom stereocenters. The minimum absolute atomic E-state index is 0.0548. The second-order valence-corrected chi connectivity index (χ2v) is 3.36. The highest BCUT2D eigenvalue weighted by molar-refractivity contribution is 7.84. The monoisotopic (exact) mass is 194 g/mol. The number of ether oxygens (including phenoxy) is 1. The van der Waals surface area contributed by atoms with E-state index in [1.54, 1.807) is 0 Å². The number of rotatable bonds is 5. The van der Waals surface area contributed by atoms with Crippen molar-refractivity contribution in [2.45, 2.75) is 25.0 Å². The SMILES string of the molecule is CCCC(=O)OCC(S)CS. The van der Waals surface area contributed by atoms with Crippen LogP contribution in [0.1, 0.15) is 19.8 Å². The molecule has 66 valence electrons. The third kappa shape index (κ3) is 6.56. The van der Waals surface area contributed by atoms with E-state index in [9.17, 15) is 4.79 Å². The van der Waals surface area contributed by atoms with Gasteiger partial charge in [-0.3, -0.25) is 4.79 Å². The molecule has 1 atom stereocenters. The first-order valence-electron chi connectivity index (χ1n) is 3.65. The Labute approximate surface area is 78.5 Å². The summed E-state index contributed by atoms with van der Waals surface area (Å²) in [5.41, 5.74) is 0. The van der Waals surface area contributed by atoms with Gasteiger partial charge in [0.25, 0.3) is 0 Å². The Kier molecular flexibility index (Phi) is 6.96. The van der Waals surface area contributed by atoms with Gasteiger partial charge in [-0.25, -0.2) is 0 Å². The van der Waals surface area contributed by atoms with E-state index in [-0.39, 0.29) is 11.2 Å². The Bertz CT molecular complexity index is 117. The minimum atomic E-state index is -0.145. The molecule has 0 rings (SSSR count). The van der Waals surface area contributed by atoms with Crippen molar-refractivity contribution in [3.63, 3.8) is 0 Å². The maximum absolute atomic E-state index is 10.8. The summed E-state index contributed by atoms with van der Waals surface area (Å²) < 4.78 is 4.87. The van der Waals surface area contributed by atoms with E-state index in [2.05, 4.69) is 25.3 Å². The normalized spacial score (nSPS) is 12.6. The second-order valence-electron chi connectivity index (χ2n) is 2.27. The summed E-state index contributed by atoms with van der Waals surface area (Å²) in [6.07, 6.45) is 1.32. The predicted octanol–water partition coefficient (Wildman–Crippen LogP) is 1.56. The highest BCUT2D eigenvalue weighted by Crippen LogP contribution is 2.00. The topological polar surface area (TPSA) is 26.3 Å². The standard InChI is InChI=1S/C7H14O2S2/c1-2-3-7(8)9-4-6(11)5-10/h6,10-11H,2-5H2,1H3. The minimum Gasteiger partial charge on any atom is -0.464 e. The van der Waals surface area contributed by atoms with E-state index in [0.29, 0.717) is 18.8 Å². The molecule has 0 aliphatic heterocycles. The van der Waals surface area contributed by atoms with Crippen LogP contribution in [0.5, 0.6) is 0 Å². The van der Waals surface area contributed by atoms with Crippen molar-refractivity contribution in [2.75, 3.05) is 12.4 Å². The Hall–Kier alpha value is 0.170. The van der Waals surface area contributed by atoms with E-state index in [0.717, 1.165) is 6.42 Å². The van der Waals surface area contributed by atoms with Gasteiger partial charge in [0.05, 0.1) is 0 Å². The third-order valence-electron chi connectivity index (χ3n) is 1.10. The van der Waals surface area contributed by atoms with Gasteiger partial charge in [0.2, 0.25) is 0 Å². The summed E-state index contributed by atoms with van der Waals surface area (Å²) in [5, 5.41) is 0.0548. The largest absolute Gasteiger partial charge is 0.464 e. The summed E-state index contributed by atoms with van der Waals surface area (Å²) in [6, 6.07) is 0. The number of thiol groups is 2. The van der Waals surface area contributed by atoms with Crippen LogP contribution in [0.3, 0.4) is 0 Å². The molecule has 0 radical (unpaired) electrons. The first-order chi connectivity index (χ1) is 5.20. The van der Waals surface area contributed by atoms with Crippen molar-refractivity contribution in [3.8, 4) is 0 Å². The van der Waals surface area contributed by atoms with Gasteiger partial charge in [-0.05, 0) is 6.42 Å². The van der Waals surface area contributed by atoms with Crippen LogP contribution in [0.4, 0.5) is 0 Å². The predicted molar refractivity (Wildman–Crippen MR) is 52.5 cm³/mol. The van der Waals surface area contributed by atoms with Crippen molar-refractivity contribution in [1.29, 1.82) is 0 Å². The maximum Gasteiger partial charge on any atom is 0.305 e. The zero-order chi connectivity index (χ0) is 8.69. The summed E-state index contributed by atoms with van der Waals surface area (Å²) in [5.74, 6) is 0.482. The first-order valence-corrected chi connectivity index (χ1v) is 4.80. The molecule has 0 saturated carbocycles. The molecule has 2 nitrogen and oxygen atoms in total. The van der Waals surface area contributed by atoms with Crippen LogP contribution in [0.25, 0.3) is 0 Å². The Balaban J connectivity index is 3.30. The van der Waals surface area contributed by atoms with Crippen molar-refractivity contribution in [2.24, 2.45) is 0 Å². The number of carbonyl (C=O) groups excluding carboxylic acids is 1. The maximum atomic E-state index is 10.8. The van der Waals surface area contributed by atoms with Crippen molar-refractivity contribution in [3.05, 3.63) is 0 Å². The lowest BCUT2D eigenvalue weighted by Crippen LogP contribution is -2.14. The average Bonchev–Trinajstić information content (AvgIpc) is 2.01. The molecule has 0 bridgehead atoms. The average molecular weight is 194 g/mol. The molecule has 0 N–H and O–H groups in total. The van der Waals surface area contributed by atoms with Crippen LogP contribution in [0.15, 0.2) is 0 Å². The van der Waals surface area contributed by atoms with Gasteiger partial charge in [-0.1, -0.05) is 6.92 Å². The fourth-order valence-corrected chi connectivity index (χ4v) is 0.698. The molecular weight excluding hydrogens is 180 g/mol. The van der Waals surface area contributed by atoms with Gasteiger partial charge in [-0.15, -0.1) is 0 Å². The third-order valence-corrected chi connectivity index (χ3v) is 2.16. The zero-order valence-electron chi connectivity index (χ0n) is 6.62. The van der Waals surface area contributed by atoms with Crippen molar-refractivity contribution < 1.29 is 9.53 Å². The van der Waals surface area contributed by atoms with E-state index < -0.39 is 0 Å². The fraction of sp³-hybridized carbons (Fsp3) is 0.857. The quantitative estimate of drug-likeness (QED) is 0.513. The number of hydrogen-bond donors (Lipinski definition) is 2. The van der Waals surface area contributed by atoms with Gasteiger partial charge in [0.15, 0.2) is 0 Å². The van der Waals surface area contributed by atoms with Crippen LogP contribution in [-0.2, 0) is 9.53 Å². The molecule has 0 aliphatic carbocycles. The van der Waals surface area contributed by atoms with E-state index in [4.69, 9.17) is 4.74 Å². The lowest BCUT2D eigenvalue weighted by molar-refractivity contribution is -0.143. The summed E-state index contributed by atoms with van der Waals surface area (Å²) in [4.78, 5) is 10.8. The number of esters is 1. The molecule has 0 spiro atoms. The summed E-state index contributed by atoms with van der Waals surface area (Å²) >= 11 is 8.12. The van der Waals surface area contributed by atoms with Gasteiger partial charge in [0, 0.05) is 17.4 Å². The van der Waals surface area contributed by atoms with Crippen LogP contribution in [0.2, 0.25) is 0 Å². The Morgan fingerprint density at radius 3 is 2.73 bits per heavy atom. The Morgan fingerprint density at radius 2 is 2.27 bits per heavy atom. The zero-order valence-corrected chi connectivity index (χ0v) is 8.41. The van der Waals surface area contributed by atoms with Crippen LogP contribution in [-0.4, -0.2) is 23.6 Å². The van der Waals surface area contributed by atoms with Crippen molar-refractivity contribution in [1.82, 2.24) is 0 Å². The molecule has 0 aliphatic rings. The highest BCUT2D eigenvalue weighted by atomic mass is 32.1. The lowest BCUT2D eigenvalue weighted by atomic mass is 10.3. The molecule has 4 heteroatoms. The lowest BCUT2D eigenvalue weighted by Gasteiger charge is -2.07. The molecule has 11 heavy (non-hydrogen) atoms. The Morgan fingerprint density at radius 1 is 1.64 bits per heavy atom. The molecule has 0 aromatic heterocycles. The van der Waals surface area contributed by atoms with Gasteiger partial charge in [0.1, 0.15) is 6.61 Å². The van der Waals surface area contributed by atoms with Crippen LogP contribution in [0, 0.1) is 0 Å². The second kappa shape index (κ2) is 6.85. The number of hydrogen-bond acceptors (Lipinski definition) is 4. The molecule has 0 fully saturated rings. The fourth-order valence-electron chi connectivity index (χ4n) is 0.518. The van der Waals surface area contributed by atoms with E-state index in [1.165, 1.54) is 0 Å². The molecule has 0 heterocycles. The smallest absolute Gasteiger partial charge is 0.305 e. The van der Waals surface area contributed by atoms with Crippen LogP contribution >= 0.6 is 25.3 Å². The molecule has 0 amide bonds.